The molecule has 3 N–H and O–H groups in total. The van der Waals surface area contributed by atoms with E-state index < -0.39 is 0 Å². The molecule has 0 spiro atoms. The summed E-state index contributed by atoms with van der Waals surface area (Å²) in [5.74, 6) is 6.95. The van der Waals surface area contributed by atoms with Gasteiger partial charge in [0.15, 0.2) is 0 Å². The summed E-state index contributed by atoms with van der Waals surface area (Å²) in [7, 11) is 1.71. The second kappa shape index (κ2) is 8.15. The average Bonchev–Trinajstić information content (AvgIpc) is 2.42. The van der Waals surface area contributed by atoms with Crippen molar-refractivity contribution >= 4 is 0 Å². The van der Waals surface area contributed by atoms with E-state index in [-0.39, 0.29) is 12.1 Å². The molecule has 0 aliphatic carbocycles. The van der Waals surface area contributed by atoms with Crippen molar-refractivity contribution in [3.8, 4) is 5.75 Å². The van der Waals surface area contributed by atoms with E-state index in [0.717, 1.165) is 17.7 Å². The summed E-state index contributed by atoms with van der Waals surface area (Å²) in [6.45, 7) is 7.03. The van der Waals surface area contributed by atoms with Crippen molar-refractivity contribution in [1.29, 1.82) is 0 Å². The third-order valence-electron chi connectivity index (χ3n) is 3.15. The third-order valence-corrected chi connectivity index (χ3v) is 3.15. The van der Waals surface area contributed by atoms with Crippen LogP contribution in [-0.2, 0) is 4.74 Å². The number of nitrogens with one attached hydrogen (secondary N) is 1. The van der Waals surface area contributed by atoms with Crippen LogP contribution in [0.1, 0.15) is 38.8 Å². The van der Waals surface area contributed by atoms with Gasteiger partial charge in [0, 0.05) is 12.7 Å². The topological polar surface area (TPSA) is 56.5 Å². The molecule has 0 saturated heterocycles. The zero-order chi connectivity index (χ0) is 14.3. The zero-order valence-corrected chi connectivity index (χ0v) is 12.3. The molecule has 4 nitrogen and oxygen atoms in total. The van der Waals surface area contributed by atoms with Crippen LogP contribution in [0.15, 0.2) is 24.3 Å². The highest BCUT2D eigenvalue weighted by molar-refractivity contribution is 5.36. The molecule has 0 amide bonds. The second-order valence-electron chi connectivity index (χ2n) is 4.97. The average molecular weight is 266 g/mol. The maximum atomic E-state index is 5.79. The van der Waals surface area contributed by atoms with Crippen molar-refractivity contribution < 1.29 is 9.47 Å². The van der Waals surface area contributed by atoms with E-state index in [1.807, 2.05) is 24.3 Å². The molecule has 0 fully saturated rings. The maximum absolute atomic E-state index is 5.79. The van der Waals surface area contributed by atoms with Gasteiger partial charge in [0.25, 0.3) is 0 Å². The summed E-state index contributed by atoms with van der Waals surface area (Å²) >= 11 is 0. The summed E-state index contributed by atoms with van der Waals surface area (Å²) < 4.78 is 11.4. The van der Waals surface area contributed by atoms with Gasteiger partial charge in [-0.05, 0) is 18.4 Å². The van der Waals surface area contributed by atoms with Crippen LogP contribution in [0, 0.1) is 5.92 Å². The largest absolute Gasteiger partial charge is 0.493 e. The molecule has 1 aromatic carbocycles. The minimum absolute atomic E-state index is 0.00336. The molecule has 0 aliphatic heterocycles. The standard InChI is InChI=1S/C15H26N2O2/c1-5-10-19-13-9-7-6-8-12(13)14(17-16)15(18-4)11(2)3/h6-9,11,14-15,17H,5,10,16H2,1-4H3. The Bertz CT molecular complexity index is 369. The van der Waals surface area contributed by atoms with E-state index in [1.54, 1.807) is 7.11 Å². The Hall–Kier alpha value is -1.10. The molecule has 1 rings (SSSR count). The first-order valence-corrected chi connectivity index (χ1v) is 6.86. The first-order valence-electron chi connectivity index (χ1n) is 6.86. The smallest absolute Gasteiger partial charge is 0.124 e. The summed E-state index contributed by atoms with van der Waals surface area (Å²) in [5.41, 5.74) is 3.90. The van der Waals surface area contributed by atoms with E-state index >= 15 is 0 Å². The number of benzene rings is 1. The molecular formula is C15H26N2O2. The lowest BCUT2D eigenvalue weighted by Gasteiger charge is -2.30. The Morgan fingerprint density at radius 1 is 1.26 bits per heavy atom. The number of para-hydroxylation sites is 1. The lowest BCUT2D eigenvalue weighted by atomic mass is 9.93. The van der Waals surface area contributed by atoms with Gasteiger partial charge in [-0.1, -0.05) is 39.0 Å². The monoisotopic (exact) mass is 266 g/mol. The molecule has 0 saturated carbocycles. The van der Waals surface area contributed by atoms with Crippen LogP contribution in [0.2, 0.25) is 0 Å². The Morgan fingerprint density at radius 2 is 1.95 bits per heavy atom. The van der Waals surface area contributed by atoms with Gasteiger partial charge in [0.05, 0.1) is 18.8 Å². The predicted octanol–water partition coefficient (Wildman–Crippen LogP) is 2.65. The molecular weight excluding hydrogens is 240 g/mol. The molecule has 0 aliphatic rings. The van der Waals surface area contributed by atoms with Crippen LogP contribution in [0.5, 0.6) is 5.75 Å². The van der Waals surface area contributed by atoms with Crippen molar-refractivity contribution in [3.05, 3.63) is 29.8 Å². The number of ether oxygens (including phenoxy) is 2. The SMILES string of the molecule is CCCOc1ccccc1C(NN)C(OC)C(C)C. The summed E-state index contributed by atoms with van der Waals surface area (Å²) in [6, 6.07) is 7.88. The van der Waals surface area contributed by atoms with Crippen LogP contribution < -0.4 is 16.0 Å². The number of hydrogen-bond acceptors (Lipinski definition) is 4. The minimum Gasteiger partial charge on any atom is -0.493 e. The highest BCUT2D eigenvalue weighted by atomic mass is 16.5. The third kappa shape index (κ3) is 4.20. The Morgan fingerprint density at radius 3 is 2.47 bits per heavy atom. The van der Waals surface area contributed by atoms with Gasteiger partial charge in [-0.2, -0.15) is 0 Å². The fraction of sp³-hybridized carbons (Fsp3) is 0.600. The lowest BCUT2D eigenvalue weighted by molar-refractivity contribution is 0.0318. The van der Waals surface area contributed by atoms with Crippen molar-refractivity contribution in [1.82, 2.24) is 5.43 Å². The highest BCUT2D eigenvalue weighted by Gasteiger charge is 2.27. The molecule has 108 valence electrons. The van der Waals surface area contributed by atoms with Crippen molar-refractivity contribution in [2.75, 3.05) is 13.7 Å². The fourth-order valence-corrected chi connectivity index (χ4v) is 2.24. The van der Waals surface area contributed by atoms with Gasteiger partial charge in [0.2, 0.25) is 0 Å². The molecule has 2 atom stereocenters. The van der Waals surface area contributed by atoms with Crippen LogP contribution in [0.4, 0.5) is 0 Å². The van der Waals surface area contributed by atoms with E-state index in [0.29, 0.717) is 12.5 Å². The van der Waals surface area contributed by atoms with E-state index in [1.165, 1.54) is 0 Å². The number of methoxy groups -OCH3 is 1. The van der Waals surface area contributed by atoms with Gasteiger partial charge in [-0.25, -0.2) is 0 Å². The quantitative estimate of drug-likeness (QED) is 0.561. The van der Waals surface area contributed by atoms with E-state index in [2.05, 4.69) is 26.2 Å². The Labute approximate surface area is 116 Å². The lowest BCUT2D eigenvalue weighted by Crippen LogP contribution is -2.40. The number of hydrogen-bond donors (Lipinski definition) is 2. The molecule has 1 aromatic rings. The van der Waals surface area contributed by atoms with Gasteiger partial charge in [-0.3, -0.25) is 11.3 Å². The predicted molar refractivity (Wildman–Crippen MR) is 77.9 cm³/mol. The van der Waals surface area contributed by atoms with E-state index in [9.17, 15) is 0 Å². The number of nitrogens with two attached hydrogens (primary N) is 1. The van der Waals surface area contributed by atoms with Crippen molar-refractivity contribution in [3.63, 3.8) is 0 Å². The Kier molecular flexibility index (Phi) is 6.84. The first-order chi connectivity index (χ1) is 9.15. The van der Waals surface area contributed by atoms with Crippen LogP contribution in [0.25, 0.3) is 0 Å². The molecule has 19 heavy (non-hydrogen) atoms. The van der Waals surface area contributed by atoms with E-state index in [4.69, 9.17) is 15.3 Å². The fourth-order valence-electron chi connectivity index (χ4n) is 2.24. The normalized spacial score (nSPS) is 14.4. The molecule has 2 unspecified atom stereocenters. The van der Waals surface area contributed by atoms with Gasteiger partial charge in [0.1, 0.15) is 5.75 Å². The molecule has 0 radical (unpaired) electrons. The van der Waals surface area contributed by atoms with Crippen molar-refractivity contribution in [2.24, 2.45) is 11.8 Å². The van der Waals surface area contributed by atoms with Crippen molar-refractivity contribution in [2.45, 2.75) is 39.3 Å². The van der Waals surface area contributed by atoms with Crippen LogP contribution in [-0.4, -0.2) is 19.8 Å². The zero-order valence-electron chi connectivity index (χ0n) is 12.3. The first kappa shape index (κ1) is 16.0. The summed E-state index contributed by atoms with van der Waals surface area (Å²) in [6.07, 6.45) is 0.976. The van der Waals surface area contributed by atoms with Gasteiger partial charge >= 0.3 is 0 Å². The van der Waals surface area contributed by atoms with Gasteiger partial charge in [-0.15, -0.1) is 0 Å². The molecule has 4 heteroatoms. The molecule has 0 bridgehead atoms. The second-order valence-corrected chi connectivity index (χ2v) is 4.97. The van der Waals surface area contributed by atoms with Crippen LogP contribution >= 0.6 is 0 Å². The highest BCUT2D eigenvalue weighted by Crippen LogP contribution is 2.30. The molecule has 0 heterocycles. The number of hydrazine groups is 1. The minimum atomic E-state index is -0.0851. The number of rotatable bonds is 8. The maximum Gasteiger partial charge on any atom is 0.124 e. The summed E-state index contributed by atoms with van der Waals surface area (Å²) in [4.78, 5) is 0. The Balaban J connectivity index is 3.02. The molecule has 0 aromatic heterocycles. The van der Waals surface area contributed by atoms with Crippen LogP contribution in [0.3, 0.4) is 0 Å². The summed E-state index contributed by atoms with van der Waals surface area (Å²) in [5, 5.41) is 0. The van der Waals surface area contributed by atoms with Gasteiger partial charge < -0.3 is 9.47 Å².